The standard InChI is InChI=1S/C23H24FN3O4/c24-18-8-9-19-20(15-18)31-22(25-19)16-4-6-17(7-5-16)23(30)27-12-10-26(11-13-27)21(29)3-1-2-14-28/h4-9,15,28H,1-3,10-14H2. The van der Waals surface area contributed by atoms with Gasteiger partial charge in [0, 0.05) is 56.4 Å². The Morgan fingerprint density at radius 3 is 2.42 bits per heavy atom. The summed E-state index contributed by atoms with van der Waals surface area (Å²) < 4.78 is 19.0. The normalized spacial score (nSPS) is 14.3. The van der Waals surface area contributed by atoms with Crippen molar-refractivity contribution in [1.82, 2.24) is 14.8 Å². The number of aromatic nitrogens is 1. The van der Waals surface area contributed by atoms with Gasteiger partial charge in [0.25, 0.3) is 5.91 Å². The number of oxazole rings is 1. The average molecular weight is 425 g/mol. The van der Waals surface area contributed by atoms with Crippen LogP contribution in [0.2, 0.25) is 0 Å². The molecule has 2 aromatic carbocycles. The lowest BCUT2D eigenvalue weighted by Crippen LogP contribution is -2.50. The smallest absolute Gasteiger partial charge is 0.253 e. The van der Waals surface area contributed by atoms with E-state index in [1.54, 1.807) is 40.1 Å². The molecule has 0 bridgehead atoms. The number of aliphatic hydroxyl groups is 1. The molecule has 8 heteroatoms. The summed E-state index contributed by atoms with van der Waals surface area (Å²) in [5, 5.41) is 8.83. The van der Waals surface area contributed by atoms with E-state index in [0.717, 1.165) is 0 Å². The zero-order valence-corrected chi connectivity index (χ0v) is 17.1. The Kier molecular flexibility index (Phi) is 6.27. The number of nitrogens with zero attached hydrogens (tertiary/aromatic N) is 3. The molecule has 162 valence electrons. The lowest BCUT2D eigenvalue weighted by molar-refractivity contribution is -0.132. The Hall–Kier alpha value is -3.26. The van der Waals surface area contributed by atoms with E-state index in [-0.39, 0.29) is 24.2 Å². The van der Waals surface area contributed by atoms with Crippen molar-refractivity contribution >= 4 is 22.9 Å². The minimum absolute atomic E-state index is 0.0723. The number of carbonyl (C=O) groups excluding carboxylic acids is 2. The second-order valence-corrected chi connectivity index (χ2v) is 7.56. The number of aliphatic hydroxyl groups excluding tert-OH is 1. The summed E-state index contributed by atoms with van der Waals surface area (Å²) in [6.07, 6.45) is 1.73. The molecule has 7 nitrogen and oxygen atoms in total. The highest BCUT2D eigenvalue weighted by molar-refractivity contribution is 5.95. The van der Waals surface area contributed by atoms with Crippen molar-refractivity contribution in [3.8, 4) is 11.5 Å². The maximum atomic E-state index is 13.3. The molecule has 2 amide bonds. The number of hydrogen-bond donors (Lipinski definition) is 1. The van der Waals surface area contributed by atoms with Crippen molar-refractivity contribution in [2.75, 3.05) is 32.8 Å². The van der Waals surface area contributed by atoms with Gasteiger partial charge in [-0.1, -0.05) is 0 Å². The lowest BCUT2D eigenvalue weighted by Gasteiger charge is -2.35. The Labute approximate surface area is 179 Å². The molecule has 1 fully saturated rings. The summed E-state index contributed by atoms with van der Waals surface area (Å²) in [5.41, 5.74) is 2.19. The molecule has 1 N–H and O–H groups in total. The van der Waals surface area contributed by atoms with Gasteiger partial charge in [-0.15, -0.1) is 0 Å². The molecule has 1 saturated heterocycles. The average Bonchev–Trinajstić information content (AvgIpc) is 3.22. The molecule has 1 aliphatic rings. The van der Waals surface area contributed by atoms with E-state index in [9.17, 15) is 14.0 Å². The number of amides is 2. The van der Waals surface area contributed by atoms with Gasteiger partial charge in [0.05, 0.1) is 0 Å². The molecule has 0 saturated carbocycles. The van der Waals surface area contributed by atoms with Crippen LogP contribution in [0.15, 0.2) is 46.9 Å². The fourth-order valence-corrected chi connectivity index (χ4v) is 3.66. The van der Waals surface area contributed by atoms with Crippen LogP contribution in [0.4, 0.5) is 4.39 Å². The van der Waals surface area contributed by atoms with Gasteiger partial charge in [-0.05, 0) is 49.2 Å². The summed E-state index contributed by atoms with van der Waals surface area (Å²) in [4.78, 5) is 32.9. The highest BCUT2D eigenvalue weighted by atomic mass is 19.1. The SMILES string of the molecule is O=C(CCCCO)N1CCN(C(=O)c2ccc(-c3nc4ccc(F)cc4o3)cc2)CC1. The largest absolute Gasteiger partial charge is 0.436 e. The van der Waals surface area contributed by atoms with Crippen molar-refractivity contribution in [3.05, 3.63) is 53.8 Å². The first-order chi connectivity index (χ1) is 15.0. The fourth-order valence-electron chi connectivity index (χ4n) is 3.66. The van der Waals surface area contributed by atoms with E-state index >= 15 is 0 Å². The highest BCUT2D eigenvalue weighted by Crippen LogP contribution is 2.25. The minimum Gasteiger partial charge on any atom is -0.436 e. The van der Waals surface area contributed by atoms with Gasteiger partial charge in [0.15, 0.2) is 5.58 Å². The van der Waals surface area contributed by atoms with Crippen LogP contribution in [0, 0.1) is 5.82 Å². The first-order valence-electron chi connectivity index (χ1n) is 10.4. The van der Waals surface area contributed by atoms with Gasteiger partial charge >= 0.3 is 0 Å². The number of rotatable bonds is 6. The molecule has 0 radical (unpaired) electrons. The summed E-state index contributed by atoms with van der Waals surface area (Å²) in [6.45, 7) is 2.10. The number of piperazine rings is 1. The highest BCUT2D eigenvalue weighted by Gasteiger charge is 2.24. The summed E-state index contributed by atoms with van der Waals surface area (Å²) in [6, 6.07) is 11.1. The third-order valence-corrected chi connectivity index (χ3v) is 5.45. The van der Waals surface area contributed by atoms with E-state index in [2.05, 4.69) is 4.98 Å². The van der Waals surface area contributed by atoms with Crippen molar-refractivity contribution in [2.24, 2.45) is 0 Å². The number of carbonyl (C=O) groups is 2. The van der Waals surface area contributed by atoms with Crippen LogP contribution in [0.25, 0.3) is 22.6 Å². The maximum absolute atomic E-state index is 13.3. The van der Waals surface area contributed by atoms with E-state index in [1.165, 1.54) is 12.1 Å². The van der Waals surface area contributed by atoms with Gasteiger partial charge < -0.3 is 19.3 Å². The zero-order chi connectivity index (χ0) is 21.8. The third-order valence-electron chi connectivity index (χ3n) is 5.45. The fraction of sp³-hybridized carbons (Fsp3) is 0.348. The summed E-state index contributed by atoms with van der Waals surface area (Å²) in [7, 11) is 0. The quantitative estimate of drug-likeness (QED) is 0.614. The topological polar surface area (TPSA) is 86.9 Å². The zero-order valence-electron chi connectivity index (χ0n) is 17.1. The van der Waals surface area contributed by atoms with Crippen molar-refractivity contribution < 1.29 is 23.5 Å². The molecule has 0 aliphatic carbocycles. The summed E-state index contributed by atoms with van der Waals surface area (Å²) >= 11 is 0. The van der Waals surface area contributed by atoms with Gasteiger partial charge in [0.1, 0.15) is 11.3 Å². The van der Waals surface area contributed by atoms with E-state index in [4.69, 9.17) is 9.52 Å². The van der Waals surface area contributed by atoms with E-state index in [0.29, 0.717) is 73.6 Å². The molecular weight excluding hydrogens is 401 g/mol. The number of benzene rings is 2. The van der Waals surface area contributed by atoms with Crippen LogP contribution in [0.3, 0.4) is 0 Å². The van der Waals surface area contributed by atoms with Crippen molar-refractivity contribution in [3.63, 3.8) is 0 Å². The maximum Gasteiger partial charge on any atom is 0.253 e. The van der Waals surface area contributed by atoms with Gasteiger partial charge in [-0.2, -0.15) is 0 Å². The Balaban J connectivity index is 1.37. The second-order valence-electron chi connectivity index (χ2n) is 7.56. The van der Waals surface area contributed by atoms with E-state index < -0.39 is 0 Å². The molecule has 3 aromatic rings. The van der Waals surface area contributed by atoms with Crippen LogP contribution in [-0.4, -0.2) is 64.5 Å². The molecule has 2 heterocycles. The van der Waals surface area contributed by atoms with Crippen LogP contribution < -0.4 is 0 Å². The Morgan fingerprint density at radius 1 is 1.00 bits per heavy atom. The van der Waals surface area contributed by atoms with E-state index in [1.807, 2.05) is 0 Å². The predicted octanol–water partition coefficient (Wildman–Crippen LogP) is 3.08. The van der Waals surface area contributed by atoms with Gasteiger partial charge in [0.2, 0.25) is 11.8 Å². The molecule has 0 unspecified atom stereocenters. The number of unbranched alkanes of at least 4 members (excludes halogenated alkanes) is 1. The molecular formula is C23H24FN3O4. The number of fused-ring (bicyclic) bond motifs is 1. The second kappa shape index (κ2) is 9.26. The predicted molar refractivity (Wildman–Crippen MR) is 113 cm³/mol. The first-order valence-corrected chi connectivity index (χ1v) is 10.4. The Morgan fingerprint density at radius 2 is 1.71 bits per heavy atom. The van der Waals surface area contributed by atoms with Gasteiger partial charge in [-0.25, -0.2) is 9.37 Å². The number of halogens is 1. The minimum atomic E-state index is -0.386. The van der Waals surface area contributed by atoms with Crippen LogP contribution >= 0.6 is 0 Å². The molecule has 31 heavy (non-hydrogen) atoms. The van der Waals surface area contributed by atoms with Crippen LogP contribution in [0.1, 0.15) is 29.6 Å². The van der Waals surface area contributed by atoms with Gasteiger partial charge in [-0.3, -0.25) is 9.59 Å². The molecule has 4 rings (SSSR count). The third kappa shape index (κ3) is 4.74. The number of hydrogen-bond acceptors (Lipinski definition) is 5. The molecule has 0 atom stereocenters. The Bertz CT molecular complexity index is 1070. The summed E-state index contributed by atoms with van der Waals surface area (Å²) in [5.74, 6) is -0.0299. The molecule has 1 aromatic heterocycles. The monoisotopic (exact) mass is 425 g/mol. The first kappa shape index (κ1) is 21.0. The van der Waals surface area contributed by atoms with Crippen LogP contribution in [0.5, 0.6) is 0 Å². The molecule has 0 spiro atoms. The van der Waals surface area contributed by atoms with Crippen molar-refractivity contribution in [2.45, 2.75) is 19.3 Å². The van der Waals surface area contributed by atoms with Crippen LogP contribution in [-0.2, 0) is 4.79 Å². The molecule has 1 aliphatic heterocycles. The van der Waals surface area contributed by atoms with Crippen molar-refractivity contribution in [1.29, 1.82) is 0 Å². The lowest BCUT2D eigenvalue weighted by atomic mass is 10.1.